The summed E-state index contributed by atoms with van der Waals surface area (Å²) in [5, 5.41) is 14.0. The van der Waals surface area contributed by atoms with E-state index in [4.69, 9.17) is 10.0 Å². The largest absolute Gasteiger partial charge is 0.482 e. The zero-order chi connectivity index (χ0) is 14.9. The van der Waals surface area contributed by atoms with Crippen molar-refractivity contribution in [2.45, 2.75) is 0 Å². The van der Waals surface area contributed by atoms with Gasteiger partial charge in [-0.05, 0) is 28.3 Å². The third-order valence-corrected chi connectivity index (χ3v) is 3.08. The minimum absolute atomic E-state index is 0. The van der Waals surface area contributed by atoms with Gasteiger partial charge in [0.25, 0.3) is 0 Å². The summed E-state index contributed by atoms with van der Waals surface area (Å²) in [6, 6.07) is 29.6. The Bertz CT molecular complexity index is 600. The topological polar surface area (TPSA) is 40.5 Å². The number of rotatable bonds is 2. The van der Waals surface area contributed by atoms with Gasteiger partial charge in [0.05, 0.1) is 0 Å². The van der Waals surface area contributed by atoms with Gasteiger partial charge >= 0.3 is 7.69 Å². The van der Waals surface area contributed by atoms with Crippen LogP contribution in [0, 0.1) is 0 Å². The van der Waals surface area contributed by atoms with Gasteiger partial charge in [-0.25, -0.2) is 0 Å². The number of hydrogen-bond donors (Lipinski definition) is 2. The third-order valence-electron chi connectivity index (χ3n) is 3.08. The molecule has 0 spiro atoms. The highest BCUT2D eigenvalue weighted by Gasteiger charge is 2.00. The third kappa shape index (κ3) is 4.31. The minimum Gasteiger partial charge on any atom is -0.429 e. The molecule has 0 unspecified atom stereocenters. The van der Waals surface area contributed by atoms with Gasteiger partial charge in [0, 0.05) is 0 Å². The molecule has 3 heteroatoms. The van der Waals surface area contributed by atoms with Crippen LogP contribution < -0.4 is 0 Å². The summed E-state index contributed by atoms with van der Waals surface area (Å²) >= 11 is 0. The van der Waals surface area contributed by atoms with Gasteiger partial charge in [-0.3, -0.25) is 0 Å². The van der Waals surface area contributed by atoms with Crippen LogP contribution in [0.3, 0.4) is 0 Å². The lowest BCUT2D eigenvalue weighted by molar-refractivity contribution is 0.448. The lowest BCUT2D eigenvalue weighted by Gasteiger charge is -2.05. The predicted octanol–water partition coefficient (Wildman–Crippen LogP) is 3.53. The Labute approximate surface area is 125 Å². The quantitative estimate of drug-likeness (QED) is 0.702. The summed E-state index contributed by atoms with van der Waals surface area (Å²) in [7, 11) is 0. The standard InChI is InChI=1S/C18H14.BH2O2/c1-3-8-15(9-4-1)17-12-7-13-18(14-17)16-10-5-2-6-11-16;2-1-3/h1-14H;2-3H. The van der Waals surface area contributed by atoms with Gasteiger partial charge in [0.15, 0.2) is 0 Å². The van der Waals surface area contributed by atoms with Crippen molar-refractivity contribution in [2.24, 2.45) is 0 Å². The summed E-state index contributed by atoms with van der Waals surface area (Å²) < 4.78 is 0. The van der Waals surface area contributed by atoms with Crippen LogP contribution in [0.15, 0.2) is 84.9 Å². The predicted molar refractivity (Wildman–Crippen MR) is 87.5 cm³/mol. The molecule has 2 nitrogen and oxygen atoms in total. The molecule has 1 radical (unpaired) electrons. The van der Waals surface area contributed by atoms with E-state index in [1.165, 1.54) is 22.3 Å². The molecule has 0 aliphatic heterocycles. The molecule has 0 aliphatic carbocycles. The van der Waals surface area contributed by atoms with E-state index in [1.807, 2.05) is 12.1 Å². The van der Waals surface area contributed by atoms with Gasteiger partial charge in [-0.2, -0.15) is 0 Å². The van der Waals surface area contributed by atoms with Gasteiger partial charge in [-0.15, -0.1) is 0 Å². The second-order valence-electron chi connectivity index (χ2n) is 4.43. The van der Waals surface area contributed by atoms with Crippen molar-refractivity contribution in [2.75, 3.05) is 0 Å². The van der Waals surface area contributed by atoms with Crippen molar-refractivity contribution in [3.8, 4) is 22.3 Å². The molecule has 0 bridgehead atoms. The summed E-state index contributed by atoms with van der Waals surface area (Å²) in [6.45, 7) is 0. The average molecular weight is 275 g/mol. The van der Waals surface area contributed by atoms with Crippen molar-refractivity contribution >= 4 is 7.69 Å². The second kappa shape index (κ2) is 8.05. The molecule has 0 saturated heterocycles. The highest BCUT2D eigenvalue weighted by Crippen LogP contribution is 2.25. The van der Waals surface area contributed by atoms with Crippen molar-refractivity contribution in [1.29, 1.82) is 0 Å². The van der Waals surface area contributed by atoms with E-state index >= 15 is 0 Å². The zero-order valence-electron chi connectivity index (χ0n) is 11.6. The highest BCUT2D eigenvalue weighted by molar-refractivity contribution is 6.13. The van der Waals surface area contributed by atoms with E-state index in [0.29, 0.717) is 0 Å². The number of benzene rings is 3. The molecule has 0 aliphatic rings. The molecule has 0 amide bonds. The fraction of sp³-hybridized carbons (Fsp3) is 0. The Morgan fingerprint density at radius 1 is 0.476 bits per heavy atom. The molecule has 3 aromatic carbocycles. The maximum atomic E-state index is 7.00. The van der Waals surface area contributed by atoms with Gasteiger partial charge in [-0.1, -0.05) is 78.9 Å². The first kappa shape index (κ1) is 15.0. The number of hydrogen-bond acceptors (Lipinski definition) is 2. The first-order valence-corrected chi connectivity index (χ1v) is 6.66. The minimum atomic E-state index is 0. The van der Waals surface area contributed by atoms with E-state index in [2.05, 4.69) is 72.8 Å². The van der Waals surface area contributed by atoms with Crippen LogP contribution in [-0.2, 0) is 0 Å². The Morgan fingerprint density at radius 2 is 0.810 bits per heavy atom. The van der Waals surface area contributed by atoms with Gasteiger partial charge < -0.3 is 10.0 Å². The zero-order valence-corrected chi connectivity index (χ0v) is 11.6. The van der Waals surface area contributed by atoms with Crippen LogP contribution in [0.4, 0.5) is 0 Å². The summed E-state index contributed by atoms with van der Waals surface area (Å²) in [5.74, 6) is 0. The van der Waals surface area contributed by atoms with Crippen LogP contribution in [0.2, 0.25) is 0 Å². The summed E-state index contributed by atoms with van der Waals surface area (Å²) in [6.07, 6.45) is 0. The Morgan fingerprint density at radius 3 is 1.19 bits per heavy atom. The lowest BCUT2D eigenvalue weighted by Crippen LogP contribution is -1.80. The smallest absolute Gasteiger partial charge is 0.429 e. The molecule has 0 saturated carbocycles. The molecular weight excluding hydrogens is 259 g/mol. The normalized spacial score (nSPS) is 9.43. The Balaban J connectivity index is 0.000000497. The monoisotopic (exact) mass is 275 g/mol. The Kier molecular flexibility index (Phi) is 5.77. The van der Waals surface area contributed by atoms with Gasteiger partial charge in [0.1, 0.15) is 0 Å². The highest BCUT2D eigenvalue weighted by atomic mass is 16.4. The fourth-order valence-corrected chi connectivity index (χ4v) is 2.14. The molecule has 103 valence electrons. The second-order valence-corrected chi connectivity index (χ2v) is 4.43. The summed E-state index contributed by atoms with van der Waals surface area (Å²) in [4.78, 5) is 0. The van der Waals surface area contributed by atoms with Crippen LogP contribution in [0.5, 0.6) is 0 Å². The molecule has 0 aromatic heterocycles. The molecule has 2 N–H and O–H groups in total. The maximum absolute atomic E-state index is 7.00. The SMILES string of the molecule is O[B]O.c1ccc(-c2cccc(-c3ccccc3)c2)cc1. The van der Waals surface area contributed by atoms with E-state index in [0.717, 1.165) is 0 Å². The van der Waals surface area contributed by atoms with E-state index in [9.17, 15) is 0 Å². The van der Waals surface area contributed by atoms with Crippen LogP contribution >= 0.6 is 0 Å². The fourth-order valence-electron chi connectivity index (χ4n) is 2.14. The van der Waals surface area contributed by atoms with Crippen LogP contribution in [0.25, 0.3) is 22.3 Å². The first-order valence-electron chi connectivity index (χ1n) is 6.66. The molecule has 0 heterocycles. The summed E-state index contributed by atoms with van der Waals surface area (Å²) in [5.41, 5.74) is 5.04. The van der Waals surface area contributed by atoms with Gasteiger partial charge in [0.2, 0.25) is 0 Å². The van der Waals surface area contributed by atoms with Crippen molar-refractivity contribution in [3.05, 3.63) is 84.9 Å². The van der Waals surface area contributed by atoms with Crippen molar-refractivity contribution < 1.29 is 10.0 Å². The molecular formula is C18H16BO2. The molecule has 3 rings (SSSR count). The molecule has 3 aromatic rings. The lowest BCUT2D eigenvalue weighted by atomic mass is 9.99. The van der Waals surface area contributed by atoms with E-state index in [-0.39, 0.29) is 7.69 Å². The Hall–Kier alpha value is -2.36. The van der Waals surface area contributed by atoms with Crippen molar-refractivity contribution in [1.82, 2.24) is 0 Å². The van der Waals surface area contributed by atoms with Crippen LogP contribution in [-0.4, -0.2) is 17.7 Å². The molecule has 21 heavy (non-hydrogen) atoms. The van der Waals surface area contributed by atoms with Crippen LogP contribution in [0.1, 0.15) is 0 Å². The first-order chi connectivity index (χ1) is 10.3. The molecule has 0 atom stereocenters. The molecule has 0 fully saturated rings. The average Bonchev–Trinajstić information content (AvgIpc) is 2.57. The van der Waals surface area contributed by atoms with E-state index in [1.54, 1.807) is 0 Å². The maximum Gasteiger partial charge on any atom is 0.482 e. The van der Waals surface area contributed by atoms with E-state index < -0.39 is 0 Å². The van der Waals surface area contributed by atoms with Crippen molar-refractivity contribution in [3.63, 3.8) is 0 Å².